The molecular formula is C13H16N4O2S. The van der Waals surface area contributed by atoms with Gasteiger partial charge in [0.15, 0.2) is 0 Å². The molecule has 20 heavy (non-hydrogen) atoms. The molecule has 1 heterocycles. The molecule has 0 aliphatic heterocycles. The van der Waals surface area contributed by atoms with Gasteiger partial charge >= 0.3 is 0 Å². The summed E-state index contributed by atoms with van der Waals surface area (Å²) in [6.07, 6.45) is 4.13. The van der Waals surface area contributed by atoms with Crippen LogP contribution in [0.3, 0.4) is 0 Å². The van der Waals surface area contributed by atoms with Gasteiger partial charge in [-0.2, -0.15) is 0 Å². The summed E-state index contributed by atoms with van der Waals surface area (Å²) in [5, 5.41) is 0. The smallest absolute Gasteiger partial charge is 0.262 e. The van der Waals surface area contributed by atoms with Gasteiger partial charge in [-0.25, -0.2) is 18.4 Å². The summed E-state index contributed by atoms with van der Waals surface area (Å²) in [6.45, 7) is 5.28. The van der Waals surface area contributed by atoms with E-state index in [2.05, 4.69) is 14.7 Å². The molecule has 0 amide bonds. The van der Waals surface area contributed by atoms with E-state index in [-0.39, 0.29) is 4.90 Å². The first-order valence-corrected chi connectivity index (χ1v) is 7.45. The van der Waals surface area contributed by atoms with Crippen LogP contribution < -0.4 is 10.5 Å². The van der Waals surface area contributed by atoms with E-state index in [9.17, 15) is 8.42 Å². The number of sulfonamides is 1. The van der Waals surface area contributed by atoms with Gasteiger partial charge in [0.2, 0.25) is 0 Å². The molecule has 1 aromatic heterocycles. The van der Waals surface area contributed by atoms with Crippen molar-refractivity contribution >= 4 is 21.4 Å². The number of hydrogen-bond donors (Lipinski definition) is 2. The van der Waals surface area contributed by atoms with Crippen molar-refractivity contribution in [3.05, 3.63) is 41.5 Å². The van der Waals surface area contributed by atoms with E-state index in [1.807, 2.05) is 6.92 Å². The quantitative estimate of drug-likeness (QED) is 0.840. The van der Waals surface area contributed by atoms with Crippen molar-refractivity contribution in [1.82, 2.24) is 9.97 Å². The van der Waals surface area contributed by atoms with E-state index in [1.54, 1.807) is 19.9 Å². The zero-order valence-electron chi connectivity index (χ0n) is 11.5. The van der Waals surface area contributed by atoms with Crippen LogP contribution in [0.2, 0.25) is 0 Å². The Morgan fingerprint density at radius 1 is 1.10 bits per heavy atom. The third-order valence-electron chi connectivity index (χ3n) is 3.16. The molecule has 2 rings (SSSR count). The van der Waals surface area contributed by atoms with E-state index < -0.39 is 10.0 Å². The van der Waals surface area contributed by atoms with E-state index in [0.717, 1.165) is 5.56 Å². The van der Waals surface area contributed by atoms with E-state index in [1.165, 1.54) is 18.7 Å². The SMILES string of the molecule is Cc1cc(N)c(C)c(S(=O)(=O)Nc2cncnc2)c1C. The van der Waals surface area contributed by atoms with E-state index >= 15 is 0 Å². The van der Waals surface area contributed by atoms with Crippen LogP contribution in [-0.4, -0.2) is 18.4 Å². The monoisotopic (exact) mass is 292 g/mol. The molecule has 0 unspecified atom stereocenters. The van der Waals surface area contributed by atoms with Crippen molar-refractivity contribution in [2.45, 2.75) is 25.7 Å². The number of hydrogen-bond acceptors (Lipinski definition) is 5. The molecule has 6 nitrogen and oxygen atoms in total. The lowest BCUT2D eigenvalue weighted by molar-refractivity contribution is 0.600. The fraction of sp³-hybridized carbons (Fsp3) is 0.231. The maximum absolute atomic E-state index is 12.5. The molecule has 0 radical (unpaired) electrons. The second-order valence-corrected chi connectivity index (χ2v) is 6.21. The Labute approximate surface area is 118 Å². The molecular weight excluding hydrogens is 276 g/mol. The molecule has 0 saturated heterocycles. The minimum atomic E-state index is -3.73. The normalized spacial score (nSPS) is 11.3. The molecule has 0 fully saturated rings. The molecule has 1 aromatic carbocycles. The van der Waals surface area contributed by atoms with Gasteiger partial charge in [-0.05, 0) is 43.5 Å². The largest absolute Gasteiger partial charge is 0.398 e. The number of nitrogens with two attached hydrogens (primary N) is 1. The molecule has 2 aromatic rings. The predicted octanol–water partition coefficient (Wildman–Crippen LogP) is 1.78. The highest BCUT2D eigenvalue weighted by Gasteiger charge is 2.22. The highest BCUT2D eigenvalue weighted by molar-refractivity contribution is 7.92. The fourth-order valence-corrected chi connectivity index (χ4v) is 3.61. The number of anilines is 2. The Balaban J connectivity index is 2.56. The average molecular weight is 292 g/mol. The van der Waals surface area contributed by atoms with Gasteiger partial charge in [-0.15, -0.1) is 0 Å². The summed E-state index contributed by atoms with van der Waals surface area (Å²) < 4.78 is 27.5. The van der Waals surface area contributed by atoms with Crippen molar-refractivity contribution < 1.29 is 8.42 Å². The summed E-state index contributed by atoms with van der Waals surface area (Å²) in [7, 11) is -3.73. The van der Waals surface area contributed by atoms with Crippen LogP contribution in [0.25, 0.3) is 0 Å². The number of rotatable bonds is 3. The lowest BCUT2D eigenvalue weighted by atomic mass is 10.1. The Morgan fingerprint density at radius 3 is 2.30 bits per heavy atom. The molecule has 0 spiro atoms. The maximum Gasteiger partial charge on any atom is 0.262 e. The number of aromatic nitrogens is 2. The highest BCUT2D eigenvalue weighted by atomic mass is 32.2. The molecule has 0 saturated carbocycles. The lowest BCUT2D eigenvalue weighted by Crippen LogP contribution is -2.17. The van der Waals surface area contributed by atoms with Crippen molar-refractivity contribution in [3.63, 3.8) is 0 Å². The Morgan fingerprint density at radius 2 is 1.70 bits per heavy atom. The van der Waals surface area contributed by atoms with Gasteiger partial charge in [-0.1, -0.05) is 0 Å². The van der Waals surface area contributed by atoms with Gasteiger partial charge in [0.1, 0.15) is 6.33 Å². The second-order valence-electron chi connectivity index (χ2n) is 4.59. The van der Waals surface area contributed by atoms with Crippen molar-refractivity contribution in [3.8, 4) is 0 Å². The number of nitrogen functional groups attached to an aromatic ring is 1. The lowest BCUT2D eigenvalue weighted by Gasteiger charge is -2.16. The topological polar surface area (TPSA) is 98.0 Å². The van der Waals surface area contributed by atoms with Crippen LogP contribution in [0.4, 0.5) is 11.4 Å². The highest BCUT2D eigenvalue weighted by Crippen LogP contribution is 2.29. The van der Waals surface area contributed by atoms with Crippen LogP contribution in [0, 0.1) is 20.8 Å². The summed E-state index contributed by atoms with van der Waals surface area (Å²) in [5.74, 6) is 0. The van der Waals surface area contributed by atoms with Gasteiger partial charge in [0, 0.05) is 5.69 Å². The predicted molar refractivity (Wildman–Crippen MR) is 77.9 cm³/mol. The van der Waals surface area contributed by atoms with E-state index in [0.29, 0.717) is 22.5 Å². The van der Waals surface area contributed by atoms with Crippen LogP contribution in [-0.2, 0) is 10.0 Å². The summed E-state index contributed by atoms with van der Waals surface area (Å²) >= 11 is 0. The zero-order chi connectivity index (χ0) is 14.9. The molecule has 0 atom stereocenters. The third kappa shape index (κ3) is 2.57. The zero-order valence-corrected chi connectivity index (χ0v) is 12.3. The number of nitrogens with one attached hydrogen (secondary N) is 1. The van der Waals surface area contributed by atoms with Crippen molar-refractivity contribution in [2.75, 3.05) is 10.5 Å². The first kappa shape index (κ1) is 14.3. The minimum Gasteiger partial charge on any atom is -0.398 e. The van der Waals surface area contributed by atoms with Crippen molar-refractivity contribution in [1.29, 1.82) is 0 Å². The van der Waals surface area contributed by atoms with Crippen LogP contribution in [0.15, 0.2) is 29.7 Å². The minimum absolute atomic E-state index is 0.207. The van der Waals surface area contributed by atoms with Crippen LogP contribution in [0.5, 0.6) is 0 Å². The summed E-state index contributed by atoms with van der Waals surface area (Å²) in [4.78, 5) is 7.77. The van der Waals surface area contributed by atoms with Crippen LogP contribution >= 0.6 is 0 Å². The third-order valence-corrected chi connectivity index (χ3v) is 4.81. The maximum atomic E-state index is 12.5. The molecule has 0 bridgehead atoms. The summed E-state index contributed by atoms with van der Waals surface area (Å²) in [5.41, 5.74) is 8.68. The molecule has 0 aliphatic rings. The molecule has 0 aliphatic carbocycles. The molecule has 3 N–H and O–H groups in total. The first-order chi connectivity index (χ1) is 9.33. The number of benzene rings is 1. The van der Waals surface area contributed by atoms with Crippen LogP contribution in [0.1, 0.15) is 16.7 Å². The summed E-state index contributed by atoms with van der Waals surface area (Å²) in [6, 6.07) is 1.77. The Kier molecular flexibility index (Phi) is 3.63. The Bertz CT molecular complexity index is 716. The standard InChI is InChI=1S/C13H16N4O2S/c1-8-4-12(14)10(3)13(9(8)2)20(18,19)17-11-5-15-7-16-6-11/h4-7,17H,14H2,1-3H3. The molecule has 7 heteroatoms. The van der Waals surface area contributed by atoms with Gasteiger partial charge in [0.25, 0.3) is 10.0 Å². The molecule has 106 valence electrons. The first-order valence-electron chi connectivity index (χ1n) is 5.97. The fourth-order valence-electron chi connectivity index (χ4n) is 2.00. The number of aryl methyl sites for hydroxylation is 1. The van der Waals surface area contributed by atoms with Crippen molar-refractivity contribution in [2.24, 2.45) is 0 Å². The Hall–Kier alpha value is -2.15. The van der Waals surface area contributed by atoms with Gasteiger partial charge in [0.05, 0.1) is 23.0 Å². The van der Waals surface area contributed by atoms with Gasteiger partial charge < -0.3 is 5.73 Å². The van der Waals surface area contributed by atoms with E-state index in [4.69, 9.17) is 5.73 Å². The van der Waals surface area contributed by atoms with Gasteiger partial charge in [-0.3, -0.25) is 4.72 Å². The number of nitrogens with zero attached hydrogens (tertiary/aromatic N) is 2. The average Bonchev–Trinajstić information content (AvgIpc) is 2.37. The second kappa shape index (κ2) is 5.09.